The van der Waals surface area contributed by atoms with E-state index >= 15 is 0 Å². The number of fused-ring (bicyclic) bond motifs is 5. The lowest BCUT2D eigenvalue weighted by Crippen LogP contribution is -1.98. The van der Waals surface area contributed by atoms with Gasteiger partial charge in [0, 0.05) is 20.7 Å². The molecule has 134 valence electrons. The van der Waals surface area contributed by atoms with Crippen LogP contribution in [-0.4, -0.2) is 12.5 Å². The first kappa shape index (κ1) is 16.5. The summed E-state index contributed by atoms with van der Waals surface area (Å²) in [7, 11) is -1.04. The van der Waals surface area contributed by atoms with E-state index in [4.69, 9.17) is 4.74 Å². The van der Waals surface area contributed by atoms with Crippen LogP contribution in [0.3, 0.4) is 0 Å². The quantitative estimate of drug-likeness (QED) is 0.382. The lowest BCUT2D eigenvalue weighted by Gasteiger charge is -2.28. The SMILES string of the molecule is CS1(C)c2ccccc2-c2c1cc(OCc1ccccc1)c1ccccc21. The Hall–Kier alpha value is -2.71. The molecule has 0 aliphatic carbocycles. The molecular weight excluding hydrogens is 348 g/mol. The van der Waals surface area contributed by atoms with Crippen LogP contribution in [-0.2, 0) is 6.61 Å². The predicted octanol–water partition coefficient (Wildman–Crippen LogP) is 6.88. The molecule has 0 unspecified atom stereocenters. The van der Waals surface area contributed by atoms with Crippen LogP contribution in [0.25, 0.3) is 21.9 Å². The van der Waals surface area contributed by atoms with Crippen molar-refractivity contribution in [3.05, 3.63) is 90.5 Å². The van der Waals surface area contributed by atoms with Gasteiger partial charge in [-0.05, 0) is 41.2 Å². The van der Waals surface area contributed by atoms with Crippen LogP contribution in [0.5, 0.6) is 5.75 Å². The van der Waals surface area contributed by atoms with Crippen molar-refractivity contribution in [1.82, 2.24) is 0 Å². The average molecular weight is 371 g/mol. The molecule has 4 aromatic rings. The standard InChI is InChI=1S/C25H22OS/c1-27(2)23-15-9-8-14-21(23)25-20-13-7-6-12-19(20)22(16-24(25)27)26-17-18-10-4-3-5-11-18/h3-16H,17H2,1-2H3. The Morgan fingerprint density at radius 1 is 0.704 bits per heavy atom. The Kier molecular flexibility index (Phi) is 3.76. The van der Waals surface area contributed by atoms with Crippen LogP contribution in [0, 0.1) is 0 Å². The molecule has 4 aromatic carbocycles. The maximum absolute atomic E-state index is 6.34. The maximum Gasteiger partial charge on any atom is 0.128 e. The summed E-state index contributed by atoms with van der Waals surface area (Å²) in [4.78, 5) is 2.91. The van der Waals surface area contributed by atoms with Crippen molar-refractivity contribution in [1.29, 1.82) is 0 Å². The van der Waals surface area contributed by atoms with Crippen LogP contribution < -0.4 is 4.74 Å². The average Bonchev–Trinajstić information content (AvgIpc) is 2.94. The van der Waals surface area contributed by atoms with E-state index in [9.17, 15) is 0 Å². The molecule has 5 rings (SSSR count). The Morgan fingerprint density at radius 3 is 2.19 bits per heavy atom. The second-order valence-electron chi connectivity index (χ2n) is 7.39. The molecule has 1 aliphatic rings. The van der Waals surface area contributed by atoms with Crippen molar-refractivity contribution in [2.45, 2.75) is 16.4 Å². The molecule has 0 bridgehead atoms. The molecule has 1 nitrogen and oxygen atoms in total. The van der Waals surface area contributed by atoms with E-state index in [1.54, 1.807) is 0 Å². The fourth-order valence-electron chi connectivity index (χ4n) is 4.09. The van der Waals surface area contributed by atoms with Gasteiger partial charge in [0.05, 0.1) is 0 Å². The van der Waals surface area contributed by atoms with Gasteiger partial charge in [-0.25, -0.2) is 0 Å². The van der Waals surface area contributed by atoms with Gasteiger partial charge >= 0.3 is 0 Å². The second-order valence-corrected chi connectivity index (χ2v) is 10.9. The van der Waals surface area contributed by atoms with E-state index in [2.05, 4.69) is 91.4 Å². The molecular formula is C25H22OS. The number of ether oxygens (including phenoxy) is 1. The minimum atomic E-state index is -1.04. The highest BCUT2D eigenvalue weighted by Crippen LogP contribution is 2.69. The van der Waals surface area contributed by atoms with Gasteiger partial charge in [-0.3, -0.25) is 0 Å². The van der Waals surface area contributed by atoms with Gasteiger partial charge in [0.25, 0.3) is 0 Å². The molecule has 0 atom stereocenters. The Bertz CT molecular complexity index is 1150. The van der Waals surface area contributed by atoms with Crippen LogP contribution >= 0.6 is 10.0 Å². The molecule has 0 amide bonds. The highest BCUT2D eigenvalue weighted by molar-refractivity contribution is 8.33. The summed E-state index contributed by atoms with van der Waals surface area (Å²) >= 11 is 0. The molecule has 0 N–H and O–H groups in total. The molecule has 2 heteroatoms. The minimum absolute atomic E-state index is 0.590. The van der Waals surface area contributed by atoms with Crippen molar-refractivity contribution in [2.24, 2.45) is 0 Å². The molecule has 27 heavy (non-hydrogen) atoms. The first-order valence-corrected chi connectivity index (χ1v) is 11.7. The molecule has 0 saturated heterocycles. The lowest BCUT2D eigenvalue weighted by molar-refractivity contribution is 0.309. The zero-order valence-electron chi connectivity index (χ0n) is 15.6. The van der Waals surface area contributed by atoms with Crippen LogP contribution in [0.1, 0.15) is 5.56 Å². The fraction of sp³-hybridized carbons (Fsp3) is 0.120. The van der Waals surface area contributed by atoms with Crippen molar-refractivity contribution >= 4 is 20.8 Å². The third-order valence-corrected chi connectivity index (χ3v) is 8.34. The number of benzene rings is 4. The van der Waals surface area contributed by atoms with Gasteiger partial charge in [-0.1, -0.05) is 72.8 Å². The summed E-state index contributed by atoms with van der Waals surface area (Å²) in [6.45, 7) is 0.590. The summed E-state index contributed by atoms with van der Waals surface area (Å²) in [5, 5.41) is 2.49. The smallest absolute Gasteiger partial charge is 0.128 e. The molecule has 0 aromatic heterocycles. The zero-order valence-corrected chi connectivity index (χ0v) is 16.4. The second kappa shape index (κ2) is 6.17. The van der Waals surface area contributed by atoms with E-state index in [-0.39, 0.29) is 0 Å². The highest BCUT2D eigenvalue weighted by atomic mass is 32.3. The molecule has 0 fully saturated rings. The number of hydrogen-bond donors (Lipinski definition) is 0. The Morgan fingerprint density at radius 2 is 1.37 bits per heavy atom. The van der Waals surface area contributed by atoms with Crippen molar-refractivity contribution in [2.75, 3.05) is 12.5 Å². The summed E-state index contributed by atoms with van der Waals surface area (Å²) in [6, 6.07) is 30.2. The number of hydrogen-bond acceptors (Lipinski definition) is 1. The van der Waals surface area contributed by atoms with Crippen LogP contribution in [0.2, 0.25) is 0 Å². The fourth-order valence-corrected chi connectivity index (χ4v) is 6.60. The number of rotatable bonds is 3. The maximum atomic E-state index is 6.34. The van der Waals surface area contributed by atoms with E-state index in [0.717, 1.165) is 5.75 Å². The van der Waals surface area contributed by atoms with E-state index < -0.39 is 10.0 Å². The van der Waals surface area contributed by atoms with Crippen LogP contribution in [0.15, 0.2) is 94.7 Å². The molecule has 1 aliphatic heterocycles. The summed E-state index contributed by atoms with van der Waals surface area (Å²) in [6.07, 6.45) is 4.79. The lowest BCUT2D eigenvalue weighted by atomic mass is 9.98. The summed E-state index contributed by atoms with van der Waals surface area (Å²) in [5.41, 5.74) is 3.98. The van der Waals surface area contributed by atoms with Crippen molar-refractivity contribution < 1.29 is 4.74 Å². The van der Waals surface area contributed by atoms with E-state index in [1.165, 1.54) is 37.3 Å². The molecule has 0 spiro atoms. The third kappa shape index (κ3) is 2.55. The highest BCUT2D eigenvalue weighted by Gasteiger charge is 2.33. The summed E-state index contributed by atoms with van der Waals surface area (Å²) in [5.74, 6) is 0.988. The van der Waals surface area contributed by atoms with Gasteiger partial charge in [0.2, 0.25) is 0 Å². The first-order valence-electron chi connectivity index (χ1n) is 9.21. The van der Waals surface area contributed by atoms with Gasteiger partial charge in [0.1, 0.15) is 12.4 Å². The zero-order chi connectivity index (χ0) is 18.4. The van der Waals surface area contributed by atoms with Gasteiger partial charge in [0.15, 0.2) is 0 Å². The normalized spacial score (nSPS) is 15.2. The Labute approximate surface area is 161 Å². The van der Waals surface area contributed by atoms with Gasteiger partial charge in [-0.15, -0.1) is 0 Å². The Balaban J connectivity index is 1.70. The van der Waals surface area contributed by atoms with Crippen molar-refractivity contribution in [3.8, 4) is 16.9 Å². The van der Waals surface area contributed by atoms with E-state index in [0.29, 0.717) is 6.61 Å². The molecule has 0 saturated carbocycles. The monoisotopic (exact) mass is 370 g/mol. The molecule has 1 heterocycles. The summed E-state index contributed by atoms with van der Waals surface area (Å²) < 4.78 is 6.34. The third-order valence-electron chi connectivity index (χ3n) is 5.46. The molecule has 0 radical (unpaired) electrons. The van der Waals surface area contributed by atoms with Gasteiger partial charge < -0.3 is 4.74 Å². The largest absolute Gasteiger partial charge is 0.488 e. The predicted molar refractivity (Wildman–Crippen MR) is 116 cm³/mol. The van der Waals surface area contributed by atoms with Crippen molar-refractivity contribution in [3.63, 3.8) is 0 Å². The van der Waals surface area contributed by atoms with Crippen LogP contribution in [0.4, 0.5) is 0 Å². The van der Waals surface area contributed by atoms with E-state index in [1.807, 2.05) is 6.07 Å². The topological polar surface area (TPSA) is 9.23 Å². The minimum Gasteiger partial charge on any atom is -0.488 e. The van der Waals surface area contributed by atoms with Gasteiger partial charge in [-0.2, -0.15) is 10.0 Å². The first-order chi connectivity index (χ1) is 13.2.